The van der Waals surface area contributed by atoms with Crippen LogP contribution in [-0.4, -0.2) is 42.5 Å². The minimum absolute atomic E-state index is 0.0740. The van der Waals surface area contributed by atoms with Gasteiger partial charge in [0.05, 0.1) is 9.93 Å². The molecule has 26 heavy (non-hydrogen) atoms. The van der Waals surface area contributed by atoms with Crippen LogP contribution in [0.25, 0.3) is 0 Å². The lowest BCUT2D eigenvalue weighted by Crippen LogP contribution is -2.40. The number of aryl methyl sites for hydroxylation is 1. The first-order valence-electron chi connectivity index (χ1n) is 8.49. The van der Waals surface area contributed by atoms with Crippen LogP contribution in [0.1, 0.15) is 16.8 Å². The number of nitro benzene ring substituents is 1. The zero-order valence-electron chi connectivity index (χ0n) is 15.0. The van der Waals surface area contributed by atoms with Gasteiger partial charge < -0.3 is 16.0 Å². The zero-order chi connectivity index (χ0) is 18.8. The molecule has 1 aromatic carbocycles. The number of para-hydroxylation sites is 2. The summed E-state index contributed by atoms with van der Waals surface area (Å²) in [6.07, 6.45) is 3.79. The minimum atomic E-state index is -0.390. The Labute approximate surface area is 156 Å². The average molecular weight is 376 g/mol. The third-order valence-electron chi connectivity index (χ3n) is 3.64. The summed E-state index contributed by atoms with van der Waals surface area (Å²) in [6.45, 7) is 3.99. The van der Waals surface area contributed by atoms with Gasteiger partial charge in [-0.2, -0.15) is 0 Å². The largest absolute Gasteiger partial charge is 0.378 e. The summed E-state index contributed by atoms with van der Waals surface area (Å²) >= 11 is 1.74. The Morgan fingerprint density at radius 1 is 1.27 bits per heavy atom. The van der Waals surface area contributed by atoms with Crippen LogP contribution in [-0.2, 0) is 12.8 Å². The molecule has 0 aliphatic heterocycles. The van der Waals surface area contributed by atoms with Crippen molar-refractivity contribution in [3.63, 3.8) is 0 Å². The van der Waals surface area contributed by atoms with Gasteiger partial charge >= 0.3 is 0 Å². The maximum atomic E-state index is 11.0. The Bertz CT molecular complexity index is 746. The van der Waals surface area contributed by atoms with Crippen LogP contribution in [0.3, 0.4) is 0 Å². The molecule has 2 aromatic rings. The lowest BCUT2D eigenvalue weighted by atomic mass is 10.2. The van der Waals surface area contributed by atoms with E-state index >= 15 is 0 Å². The van der Waals surface area contributed by atoms with Crippen molar-refractivity contribution in [3.05, 3.63) is 50.5 Å². The molecule has 0 radical (unpaired) electrons. The van der Waals surface area contributed by atoms with Crippen molar-refractivity contribution < 1.29 is 4.92 Å². The van der Waals surface area contributed by atoms with Gasteiger partial charge in [-0.25, -0.2) is 4.98 Å². The van der Waals surface area contributed by atoms with Gasteiger partial charge in [-0.3, -0.25) is 15.1 Å². The Morgan fingerprint density at radius 2 is 2.04 bits per heavy atom. The number of aromatic nitrogens is 1. The number of aliphatic imine (C=N–C) groups is 1. The van der Waals surface area contributed by atoms with E-state index in [-0.39, 0.29) is 5.69 Å². The van der Waals surface area contributed by atoms with Crippen LogP contribution in [0.2, 0.25) is 0 Å². The summed E-state index contributed by atoms with van der Waals surface area (Å²) in [6, 6.07) is 6.60. The molecule has 0 amide bonds. The fraction of sp³-hybridized carbons (Fsp3) is 0.412. The van der Waals surface area contributed by atoms with Crippen molar-refractivity contribution in [2.45, 2.75) is 19.8 Å². The highest BCUT2D eigenvalue weighted by Gasteiger charge is 2.11. The van der Waals surface area contributed by atoms with Crippen molar-refractivity contribution in [1.29, 1.82) is 0 Å². The fourth-order valence-corrected chi connectivity index (χ4v) is 3.16. The van der Waals surface area contributed by atoms with Crippen molar-refractivity contribution >= 4 is 28.7 Å². The highest BCUT2D eigenvalue weighted by molar-refractivity contribution is 7.11. The third-order valence-corrected chi connectivity index (χ3v) is 4.84. The van der Waals surface area contributed by atoms with Crippen LogP contribution in [0.5, 0.6) is 0 Å². The number of thiazole rings is 1. The number of nitro groups is 1. The van der Waals surface area contributed by atoms with Gasteiger partial charge in [0, 0.05) is 50.2 Å². The molecule has 0 saturated carbocycles. The van der Waals surface area contributed by atoms with Crippen molar-refractivity contribution in [1.82, 2.24) is 15.6 Å². The van der Waals surface area contributed by atoms with E-state index in [9.17, 15) is 10.1 Å². The van der Waals surface area contributed by atoms with Crippen molar-refractivity contribution in [2.75, 3.05) is 32.0 Å². The zero-order valence-corrected chi connectivity index (χ0v) is 15.8. The molecule has 0 aliphatic rings. The van der Waals surface area contributed by atoms with Crippen LogP contribution < -0.4 is 16.0 Å². The number of nitrogens with one attached hydrogen (secondary N) is 3. The average Bonchev–Trinajstić information content (AvgIpc) is 3.11. The quantitative estimate of drug-likeness (QED) is 0.204. The lowest BCUT2D eigenvalue weighted by Gasteiger charge is -2.12. The first kappa shape index (κ1) is 19.6. The normalized spacial score (nSPS) is 11.2. The number of hydrogen-bond donors (Lipinski definition) is 3. The first-order chi connectivity index (χ1) is 12.6. The van der Waals surface area contributed by atoms with Gasteiger partial charge in [0.1, 0.15) is 5.69 Å². The summed E-state index contributed by atoms with van der Waals surface area (Å²) in [7, 11) is 1.71. The number of rotatable bonds is 9. The van der Waals surface area contributed by atoms with Crippen LogP contribution in [0, 0.1) is 10.1 Å². The second-order valence-electron chi connectivity index (χ2n) is 5.45. The molecule has 9 heteroatoms. The number of guanidine groups is 1. The van der Waals surface area contributed by atoms with Gasteiger partial charge in [-0.05, 0) is 12.5 Å². The Balaban J connectivity index is 1.70. The monoisotopic (exact) mass is 376 g/mol. The molecule has 0 bridgehead atoms. The van der Waals surface area contributed by atoms with E-state index in [0.717, 1.165) is 24.4 Å². The van der Waals surface area contributed by atoms with Crippen molar-refractivity contribution in [2.24, 2.45) is 4.99 Å². The standard InChI is InChI=1S/C17H24N6O2S/c1-3-13-12-22-16(26-13)8-9-20-17(18-2)21-11-10-19-14-6-4-5-7-15(14)23(24)25/h4-7,12,19H,3,8-11H2,1-2H3,(H2,18,20,21). The molecule has 1 heterocycles. The summed E-state index contributed by atoms with van der Waals surface area (Å²) in [5.41, 5.74) is 0.586. The number of benzene rings is 1. The molecule has 2 rings (SSSR count). The van der Waals surface area contributed by atoms with Gasteiger partial charge in [-0.15, -0.1) is 11.3 Å². The molecule has 140 valence electrons. The van der Waals surface area contributed by atoms with Gasteiger partial charge in [-0.1, -0.05) is 19.1 Å². The fourth-order valence-electron chi connectivity index (χ4n) is 2.30. The molecule has 0 atom stereocenters. The maximum absolute atomic E-state index is 11.0. The van der Waals surface area contributed by atoms with E-state index in [0.29, 0.717) is 24.7 Å². The van der Waals surface area contributed by atoms with Crippen LogP contribution in [0.15, 0.2) is 35.5 Å². The predicted octanol–water partition coefficient (Wildman–Crippen LogP) is 2.43. The summed E-state index contributed by atoms with van der Waals surface area (Å²) in [4.78, 5) is 20.5. The Kier molecular flexibility index (Phi) is 7.81. The summed E-state index contributed by atoms with van der Waals surface area (Å²) in [5.74, 6) is 0.696. The van der Waals surface area contributed by atoms with Gasteiger partial charge in [0.15, 0.2) is 5.96 Å². The highest BCUT2D eigenvalue weighted by Crippen LogP contribution is 2.22. The highest BCUT2D eigenvalue weighted by atomic mass is 32.1. The molecule has 0 spiro atoms. The molecule has 0 unspecified atom stereocenters. The summed E-state index contributed by atoms with van der Waals surface area (Å²) < 4.78 is 0. The van der Waals surface area contributed by atoms with E-state index in [4.69, 9.17) is 0 Å². The molecule has 3 N–H and O–H groups in total. The molecule has 1 aromatic heterocycles. The minimum Gasteiger partial charge on any atom is -0.378 e. The second-order valence-corrected chi connectivity index (χ2v) is 6.65. The van der Waals surface area contributed by atoms with E-state index < -0.39 is 4.92 Å². The summed E-state index contributed by atoms with van der Waals surface area (Å²) in [5, 5.41) is 21.6. The topological polar surface area (TPSA) is 104 Å². The Morgan fingerprint density at radius 3 is 2.73 bits per heavy atom. The maximum Gasteiger partial charge on any atom is 0.292 e. The van der Waals surface area contributed by atoms with E-state index in [2.05, 4.69) is 32.9 Å². The van der Waals surface area contributed by atoms with Crippen LogP contribution >= 0.6 is 11.3 Å². The third kappa shape index (κ3) is 5.99. The lowest BCUT2D eigenvalue weighted by molar-refractivity contribution is -0.384. The molecule has 0 saturated heterocycles. The van der Waals surface area contributed by atoms with Gasteiger partial charge in [0.2, 0.25) is 0 Å². The smallest absolute Gasteiger partial charge is 0.292 e. The molecular weight excluding hydrogens is 352 g/mol. The van der Waals surface area contributed by atoms with E-state index in [1.165, 1.54) is 10.9 Å². The predicted molar refractivity (Wildman–Crippen MR) is 106 cm³/mol. The molecular formula is C17H24N6O2S. The number of hydrogen-bond acceptors (Lipinski definition) is 6. The molecule has 0 aliphatic carbocycles. The second kappa shape index (κ2) is 10.3. The van der Waals surface area contributed by atoms with Crippen LogP contribution in [0.4, 0.5) is 11.4 Å². The number of nitrogens with zero attached hydrogens (tertiary/aromatic N) is 3. The van der Waals surface area contributed by atoms with E-state index in [1.54, 1.807) is 36.6 Å². The Hall–Kier alpha value is -2.68. The van der Waals surface area contributed by atoms with E-state index in [1.807, 2.05) is 6.20 Å². The molecule has 8 nitrogen and oxygen atoms in total. The molecule has 0 fully saturated rings. The number of anilines is 1. The van der Waals surface area contributed by atoms with Gasteiger partial charge in [0.25, 0.3) is 5.69 Å². The first-order valence-corrected chi connectivity index (χ1v) is 9.31. The van der Waals surface area contributed by atoms with Crippen molar-refractivity contribution in [3.8, 4) is 0 Å². The SMILES string of the molecule is CCc1cnc(CCNC(=NC)NCCNc2ccccc2[N+](=O)[O-])s1.